The normalized spacial score (nSPS) is 20.2. The van der Waals surface area contributed by atoms with E-state index in [1.54, 1.807) is 11.8 Å². The minimum absolute atomic E-state index is 0.0624. The minimum atomic E-state index is 0.0624. The standard InChI is InChI=1S/C10H8OS/c11-10(9-6-7-12-9)8-4-2-1-3-5-8/h1-7,9H. The van der Waals surface area contributed by atoms with Crippen LogP contribution in [-0.4, -0.2) is 11.0 Å². The maximum absolute atomic E-state index is 11.6. The van der Waals surface area contributed by atoms with Crippen molar-refractivity contribution in [1.82, 2.24) is 0 Å². The highest BCUT2D eigenvalue weighted by Crippen LogP contribution is 2.27. The van der Waals surface area contributed by atoms with Gasteiger partial charge < -0.3 is 0 Å². The first-order valence-corrected chi connectivity index (χ1v) is 4.73. The van der Waals surface area contributed by atoms with Crippen LogP contribution >= 0.6 is 11.8 Å². The molecule has 0 spiro atoms. The van der Waals surface area contributed by atoms with E-state index in [4.69, 9.17) is 0 Å². The van der Waals surface area contributed by atoms with E-state index in [1.165, 1.54) is 0 Å². The van der Waals surface area contributed by atoms with Crippen LogP contribution in [0.4, 0.5) is 0 Å². The molecule has 2 rings (SSSR count). The first kappa shape index (κ1) is 7.62. The summed E-state index contributed by atoms with van der Waals surface area (Å²) in [7, 11) is 0. The second kappa shape index (κ2) is 3.15. The largest absolute Gasteiger partial charge is 0.293 e. The topological polar surface area (TPSA) is 17.1 Å². The Morgan fingerprint density at radius 3 is 2.42 bits per heavy atom. The van der Waals surface area contributed by atoms with Crippen LogP contribution in [0.5, 0.6) is 0 Å². The fourth-order valence-corrected chi connectivity index (χ4v) is 1.65. The Kier molecular flexibility index (Phi) is 2.00. The zero-order valence-corrected chi connectivity index (χ0v) is 7.25. The Labute approximate surface area is 75.5 Å². The van der Waals surface area contributed by atoms with Crippen LogP contribution in [0.2, 0.25) is 0 Å². The molecule has 0 fully saturated rings. The molecule has 12 heavy (non-hydrogen) atoms. The summed E-state index contributed by atoms with van der Waals surface area (Å²) in [5, 5.41) is 2.01. The average molecular weight is 176 g/mol. The Balaban J connectivity index is 2.20. The molecule has 0 bridgehead atoms. The third-order valence-corrected chi connectivity index (χ3v) is 2.77. The van der Waals surface area contributed by atoms with Gasteiger partial charge in [-0.3, -0.25) is 4.79 Å². The van der Waals surface area contributed by atoms with Crippen molar-refractivity contribution in [2.75, 3.05) is 0 Å². The number of carbonyl (C=O) groups excluding carboxylic acids is 1. The molecule has 1 heterocycles. The molecule has 1 aliphatic rings. The molecule has 0 saturated heterocycles. The van der Waals surface area contributed by atoms with E-state index in [1.807, 2.05) is 41.8 Å². The lowest BCUT2D eigenvalue weighted by atomic mass is 10.1. The van der Waals surface area contributed by atoms with Crippen molar-refractivity contribution < 1.29 is 4.79 Å². The number of hydrogen-bond donors (Lipinski definition) is 0. The van der Waals surface area contributed by atoms with Gasteiger partial charge in [0.1, 0.15) is 0 Å². The lowest BCUT2D eigenvalue weighted by Gasteiger charge is -2.14. The van der Waals surface area contributed by atoms with Crippen molar-refractivity contribution >= 4 is 17.5 Å². The van der Waals surface area contributed by atoms with Gasteiger partial charge in [-0.2, -0.15) is 0 Å². The molecule has 1 unspecified atom stereocenters. The summed E-state index contributed by atoms with van der Waals surface area (Å²) < 4.78 is 0. The molecule has 1 nitrogen and oxygen atoms in total. The molecule has 0 radical (unpaired) electrons. The smallest absolute Gasteiger partial charge is 0.179 e. The Hall–Kier alpha value is -1.02. The van der Waals surface area contributed by atoms with Crippen LogP contribution in [0.1, 0.15) is 10.4 Å². The third-order valence-electron chi connectivity index (χ3n) is 1.80. The summed E-state index contributed by atoms with van der Waals surface area (Å²) in [5.41, 5.74) is 0.805. The van der Waals surface area contributed by atoms with Crippen LogP contribution in [0.25, 0.3) is 0 Å². The van der Waals surface area contributed by atoms with Gasteiger partial charge in [-0.25, -0.2) is 0 Å². The molecule has 60 valence electrons. The molecule has 0 aliphatic carbocycles. The maximum Gasteiger partial charge on any atom is 0.179 e. The quantitative estimate of drug-likeness (QED) is 0.644. The van der Waals surface area contributed by atoms with E-state index in [0.717, 1.165) is 5.56 Å². The fourth-order valence-electron chi connectivity index (χ4n) is 1.07. The molecular weight excluding hydrogens is 168 g/mol. The van der Waals surface area contributed by atoms with Crippen molar-refractivity contribution in [3.63, 3.8) is 0 Å². The number of ketones is 1. The van der Waals surface area contributed by atoms with Crippen LogP contribution in [0.15, 0.2) is 41.8 Å². The van der Waals surface area contributed by atoms with Crippen LogP contribution in [-0.2, 0) is 0 Å². The van der Waals surface area contributed by atoms with E-state index in [9.17, 15) is 4.79 Å². The van der Waals surface area contributed by atoms with Gasteiger partial charge in [0.15, 0.2) is 5.78 Å². The minimum Gasteiger partial charge on any atom is -0.293 e. The molecule has 1 atom stereocenters. The predicted molar refractivity (Wildman–Crippen MR) is 51.3 cm³/mol. The van der Waals surface area contributed by atoms with E-state index in [-0.39, 0.29) is 11.0 Å². The second-order valence-electron chi connectivity index (χ2n) is 2.62. The first-order chi connectivity index (χ1) is 5.88. The molecule has 0 aromatic heterocycles. The average Bonchev–Trinajstić information content (AvgIpc) is 2.03. The number of carbonyl (C=O) groups is 1. The Morgan fingerprint density at radius 2 is 1.92 bits per heavy atom. The molecule has 0 saturated carbocycles. The van der Waals surface area contributed by atoms with Crippen LogP contribution in [0.3, 0.4) is 0 Å². The van der Waals surface area contributed by atoms with Gasteiger partial charge in [-0.1, -0.05) is 36.4 Å². The summed E-state index contributed by atoms with van der Waals surface area (Å²) in [6, 6.07) is 9.41. The Morgan fingerprint density at radius 1 is 1.25 bits per heavy atom. The SMILES string of the molecule is O=C(c1ccccc1)C1C=CS1. The highest BCUT2D eigenvalue weighted by atomic mass is 32.2. The van der Waals surface area contributed by atoms with Gasteiger partial charge in [0.2, 0.25) is 0 Å². The van der Waals surface area contributed by atoms with E-state index in [2.05, 4.69) is 0 Å². The zero-order chi connectivity index (χ0) is 8.39. The predicted octanol–water partition coefficient (Wildman–Crippen LogP) is 2.50. The Bertz CT molecular complexity index is 316. The van der Waals surface area contributed by atoms with E-state index in [0.29, 0.717) is 0 Å². The monoisotopic (exact) mass is 176 g/mol. The maximum atomic E-state index is 11.6. The third kappa shape index (κ3) is 1.30. The highest BCUT2D eigenvalue weighted by Gasteiger charge is 2.20. The van der Waals surface area contributed by atoms with Gasteiger partial charge >= 0.3 is 0 Å². The number of thioether (sulfide) groups is 1. The number of Topliss-reactive ketones (excluding diaryl/α,β-unsaturated/α-hetero) is 1. The van der Waals surface area contributed by atoms with Crippen molar-refractivity contribution in [1.29, 1.82) is 0 Å². The molecule has 2 heteroatoms. The van der Waals surface area contributed by atoms with E-state index < -0.39 is 0 Å². The molecule has 0 amide bonds. The van der Waals surface area contributed by atoms with Gasteiger partial charge in [0.05, 0.1) is 5.25 Å². The number of hydrogen-bond acceptors (Lipinski definition) is 2. The lowest BCUT2D eigenvalue weighted by Crippen LogP contribution is -2.17. The van der Waals surface area contributed by atoms with E-state index >= 15 is 0 Å². The molecular formula is C10H8OS. The highest BCUT2D eigenvalue weighted by molar-refractivity contribution is 8.04. The van der Waals surface area contributed by atoms with Crippen molar-refractivity contribution in [2.24, 2.45) is 0 Å². The van der Waals surface area contributed by atoms with Crippen molar-refractivity contribution in [2.45, 2.75) is 5.25 Å². The summed E-state index contributed by atoms with van der Waals surface area (Å²) in [5.74, 6) is 0.211. The van der Waals surface area contributed by atoms with Gasteiger partial charge in [-0.05, 0) is 5.41 Å². The molecule has 1 aliphatic heterocycles. The zero-order valence-electron chi connectivity index (χ0n) is 6.44. The first-order valence-electron chi connectivity index (χ1n) is 3.79. The van der Waals surface area contributed by atoms with Gasteiger partial charge in [-0.15, -0.1) is 11.8 Å². The number of rotatable bonds is 2. The summed E-state index contributed by atoms with van der Waals surface area (Å²) >= 11 is 1.58. The summed E-state index contributed by atoms with van der Waals surface area (Å²) in [6.45, 7) is 0. The van der Waals surface area contributed by atoms with Crippen molar-refractivity contribution in [3.05, 3.63) is 47.4 Å². The molecule has 0 N–H and O–H groups in total. The number of benzene rings is 1. The van der Waals surface area contributed by atoms with Crippen LogP contribution in [0, 0.1) is 0 Å². The van der Waals surface area contributed by atoms with Crippen molar-refractivity contribution in [3.8, 4) is 0 Å². The molecule has 1 aromatic rings. The van der Waals surface area contributed by atoms with Crippen LogP contribution < -0.4 is 0 Å². The fraction of sp³-hybridized carbons (Fsp3) is 0.100. The lowest BCUT2D eigenvalue weighted by molar-refractivity contribution is 0.1000. The summed E-state index contributed by atoms with van der Waals surface area (Å²) in [6.07, 6.45) is 1.93. The van der Waals surface area contributed by atoms with Gasteiger partial charge in [0.25, 0.3) is 0 Å². The summed E-state index contributed by atoms with van der Waals surface area (Å²) in [4.78, 5) is 11.6. The van der Waals surface area contributed by atoms with Gasteiger partial charge in [0, 0.05) is 5.56 Å². The second-order valence-corrected chi connectivity index (χ2v) is 3.67. The molecule has 1 aromatic carbocycles.